The number of nitrogens with one attached hydrogen (secondary N) is 2. The van der Waals surface area contributed by atoms with Gasteiger partial charge in [-0.25, -0.2) is 4.79 Å². The summed E-state index contributed by atoms with van der Waals surface area (Å²) in [5, 5.41) is 5.31. The first-order chi connectivity index (χ1) is 13.7. The number of ketones is 1. The number of rotatable bonds is 8. The zero-order chi connectivity index (χ0) is 21.2. The standard InChI is InChI=1S/C20H23N3O6/c1-3-16(25)21-14-8-4-12(5-9-14)15(24)11-29-17(26)10-23-18(27)20(2,13-6-7-13)22-19(23)28/h4-5,8-9,13H,3,6-7,10-11H2,1-2H3,(H,21,25)(H,22,28)/t20-/m1/s1. The van der Waals surface area contributed by atoms with Crippen molar-refractivity contribution in [3.8, 4) is 0 Å². The summed E-state index contributed by atoms with van der Waals surface area (Å²) in [6.07, 6.45) is 2.06. The van der Waals surface area contributed by atoms with Crippen LogP contribution in [0.5, 0.6) is 0 Å². The summed E-state index contributed by atoms with van der Waals surface area (Å²) < 4.78 is 4.94. The number of imide groups is 1. The lowest BCUT2D eigenvalue weighted by atomic mass is 9.96. The van der Waals surface area contributed by atoms with Gasteiger partial charge < -0.3 is 15.4 Å². The molecule has 0 radical (unpaired) electrons. The minimum Gasteiger partial charge on any atom is -0.456 e. The highest BCUT2D eigenvalue weighted by atomic mass is 16.5. The van der Waals surface area contributed by atoms with Crippen molar-refractivity contribution in [3.63, 3.8) is 0 Å². The molecule has 1 atom stereocenters. The van der Waals surface area contributed by atoms with Crippen LogP contribution in [0.4, 0.5) is 10.5 Å². The van der Waals surface area contributed by atoms with E-state index in [9.17, 15) is 24.0 Å². The number of esters is 1. The topological polar surface area (TPSA) is 122 Å². The maximum Gasteiger partial charge on any atom is 0.326 e. The van der Waals surface area contributed by atoms with Gasteiger partial charge in [0, 0.05) is 17.7 Å². The van der Waals surface area contributed by atoms with E-state index >= 15 is 0 Å². The summed E-state index contributed by atoms with van der Waals surface area (Å²) in [4.78, 5) is 60.9. The van der Waals surface area contributed by atoms with Crippen LogP contribution in [0.15, 0.2) is 24.3 Å². The molecule has 9 heteroatoms. The van der Waals surface area contributed by atoms with Gasteiger partial charge in [0.2, 0.25) is 5.91 Å². The molecular formula is C20H23N3O6. The van der Waals surface area contributed by atoms with Gasteiger partial charge in [-0.15, -0.1) is 0 Å². The lowest BCUT2D eigenvalue weighted by Gasteiger charge is -2.20. The summed E-state index contributed by atoms with van der Waals surface area (Å²) in [5.74, 6) is -1.78. The van der Waals surface area contributed by atoms with Crippen molar-refractivity contribution < 1.29 is 28.7 Å². The molecule has 2 N–H and O–H groups in total. The SMILES string of the molecule is CCC(=O)Nc1ccc(C(=O)COC(=O)CN2C(=O)N[C@](C)(C3CC3)C2=O)cc1. The van der Waals surface area contributed by atoms with Gasteiger partial charge in [-0.1, -0.05) is 6.92 Å². The quantitative estimate of drug-likeness (QED) is 0.387. The van der Waals surface area contributed by atoms with Gasteiger partial charge in [-0.2, -0.15) is 0 Å². The van der Waals surface area contributed by atoms with Crippen molar-refractivity contribution in [2.45, 2.75) is 38.6 Å². The lowest BCUT2D eigenvalue weighted by Crippen LogP contribution is -2.46. The zero-order valence-electron chi connectivity index (χ0n) is 16.3. The van der Waals surface area contributed by atoms with Crippen molar-refractivity contribution in [2.24, 2.45) is 5.92 Å². The van der Waals surface area contributed by atoms with Gasteiger partial charge in [0.1, 0.15) is 12.1 Å². The van der Waals surface area contributed by atoms with Gasteiger partial charge in [-0.05, 0) is 49.9 Å². The Morgan fingerprint density at radius 2 is 1.86 bits per heavy atom. The minimum absolute atomic E-state index is 0.0895. The number of amides is 4. The number of urea groups is 1. The molecule has 4 amide bonds. The van der Waals surface area contributed by atoms with Crippen molar-refractivity contribution in [1.82, 2.24) is 10.2 Å². The van der Waals surface area contributed by atoms with Crippen LogP contribution in [0.25, 0.3) is 0 Å². The molecular weight excluding hydrogens is 378 g/mol. The average molecular weight is 401 g/mol. The molecule has 0 aromatic heterocycles. The second-order valence-corrected chi connectivity index (χ2v) is 7.36. The predicted molar refractivity (Wildman–Crippen MR) is 102 cm³/mol. The Balaban J connectivity index is 1.50. The van der Waals surface area contributed by atoms with Crippen LogP contribution in [0, 0.1) is 5.92 Å². The number of benzene rings is 1. The summed E-state index contributed by atoms with van der Waals surface area (Å²) in [6.45, 7) is 2.34. The van der Waals surface area contributed by atoms with E-state index in [1.54, 1.807) is 26.0 Å². The first-order valence-corrected chi connectivity index (χ1v) is 9.47. The normalized spacial score (nSPS) is 21.0. The fourth-order valence-corrected chi connectivity index (χ4v) is 3.19. The molecule has 3 rings (SSSR count). The highest BCUT2D eigenvalue weighted by Gasteiger charge is 2.56. The second-order valence-electron chi connectivity index (χ2n) is 7.36. The number of ether oxygens (including phenoxy) is 1. The molecule has 154 valence electrons. The number of hydrogen-bond donors (Lipinski definition) is 2. The van der Waals surface area contributed by atoms with E-state index < -0.39 is 42.4 Å². The number of nitrogens with zero attached hydrogens (tertiary/aromatic N) is 1. The Bertz CT molecular complexity index is 861. The van der Waals surface area contributed by atoms with Crippen LogP contribution in [0.1, 0.15) is 43.5 Å². The highest BCUT2D eigenvalue weighted by Crippen LogP contribution is 2.42. The summed E-state index contributed by atoms with van der Waals surface area (Å²) in [7, 11) is 0. The van der Waals surface area contributed by atoms with E-state index in [4.69, 9.17) is 4.74 Å². The van der Waals surface area contributed by atoms with Crippen LogP contribution in [-0.4, -0.2) is 53.2 Å². The molecule has 0 unspecified atom stereocenters. The van der Waals surface area contributed by atoms with Crippen molar-refractivity contribution in [1.29, 1.82) is 0 Å². The Morgan fingerprint density at radius 1 is 1.21 bits per heavy atom. The number of anilines is 1. The largest absolute Gasteiger partial charge is 0.456 e. The molecule has 2 aliphatic rings. The summed E-state index contributed by atoms with van der Waals surface area (Å²) >= 11 is 0. The van der Waals surface area contributed by atoms with Crippen molar-refractivity contribution in [3.05, 3.63) is 29.8 Å². The molecule has 1 aliphatic heterocycles. The third-order valence-corrected chi connectivity index (χ3v) is 5.16. The smallest absolute Gasteiger partial charge is 0.326 e. The van der Waals surface area contributed by atoms with E-state index in [0.717, 1.165) is 17.7 Å². The Morgan fingerprint density at radius 3 is 2.45 bits per heavy atom. The molecule has 0 spiro atoms. The van der Waals surface area contributed by atoms with Gasteiger partial charge in [0.05, 0.1) is 0 Å². The maximum atomic E-state index is 12.5. The van der Waals surface area contributed by atoms with E-state index in [0.29, 0.717) is 17.7 Å². The van der Waals surface area contributed by atoms with E-state index in [1.165, 1.54) is 12.1 Å². The zero-order valence-corrected chi connectivity index (χ0v) is 16.3. The third kappa shape index (κ3) is 4.44. The van der Waals surface area contributed by atoms with Crippen molar-refractivity contribution in [2.75, 3.05) is 18.5 Å². The number of Topliss-reactive ketones (excluding diaryl/α,β-unsaturated/α-hetero) is 1. The lowest BCUT2D eigenvalue weighted by molar-refractivity contribution is -0.146. The van der Waals surface area contributed by atoms with E-state index in [-0.39, 0.29) is 11.8 Å². The van der Waals surface area contributed by atoms with Crippen molar-refractivity contribution >= 4 is 35.3 Å². The summed E-state index contributed by atoms with van der Waals surface area (Å²) in [5.41, 5.74) is -0.103. The van der Waals surface area contributed by atoms with E-state index in [2.05, 4.69) is 10.6 Å². The van der Waals surface area contributed by atoms with Gasteiger partial charge >= 0.3 is 12.0 Å². The first-order valence-electron chi connectivity index (χ1n) is 9.47. The van der Waals surface area contributed by atoms with Gasteiger partial charge in [0.15, 0.2) is 12.4 Å². The fraction of sp³-hybridized carbons (Fsp3) is 0.450. The third-order valence-electron chi connectivity index (χ3n) is 5.16. The van der Waals surface area contributed by atoms with Crippen LogP contribution >= 0.6 is 0 Å². The predicted octanol–water partition coefficient (Wildman–Crippen LogP) is 1.48. The number of carbonyl (C=O) groups excluding carboxylic acids is 5. The van der Waals surface area contributed by atoms with Gasteiger partial charge in [0.25, 0.3) is 5.91 Å². The second kappa shape index (κ2) is 8.02. The van der Waals surface area contributed by atoms with Crippen LogP contribution < -0.4 is 10.6 Å². The Hall–Kier alpha value is -3.23. The molecule has 1 saturated carbocycles. The molecule has 1 saturated heterocycles. The van der Waals surface area contributed by atoms with Gasteiger partial charge in [-0.3, -0.25) is 24.1 Å². The molecule has 0 bridgehead atoms. The molecule has 29 heavy (non-hydrogen) atoms. The number of carbonyl (C=O) groups is 5. The van der Waals surface area contributed by atoms with Crippen LogP contribution in [-0.2, 0) is 19.1 Å². The van der Waals surface area contributed by atoms with E-state index in [1.807, 2.05) is 0 Å². The molecule has 9 nitrogen and oxygen atoms in total. The molecule has 1 aromatic rings. The Labute approximate surface area is 167 Å². The van der Waals surface area contributed by atoms with Crippen LogP contribution in [0.2, 0.25) is 0 Å². The monoisotopic (exact) mass is 401 g/mol. The first kappa shape index (κ1) is 20.5. The average Bonchev–Trinajstić information content (AvgIpc) is 3.52. The molecule has 1 aromatic carbocycles. The number of hydrogen-bond acceptors (Lipinski definition) is 6. The molecule has 1 heterocycles. The highest BCUT2D eigenvalue weighted by molar-refractivity contribution is 6.09. The minimum atomic E-state index is -0.970. The molecule has 1 aliphatic carbocycles. The summed E-state index contributed by atoms with van der Waals surface area (Å²) in [6, 6.07) is 5.56. The fourth-order valence-electron chi connectivity index (χ4n) is 3.19. The maximum absolute atomic E-state index is 12.5. The Kier molecular flexibility index (Phi) is 5.67. The molecule has 2 fully saturated rings. The van der Waals surface area contributed by atoms with Crippen LogP contribution in [0.3, 0.4) is 0 Å².